The third-order valence-corrected chi connectivity index (χ3v) is 4.62. The number of rotatable bonds is 8. The molecule has 1 aromatic carbocycles. The SMILES string of the molecule is c1cc(Cn2cc(Cn3cccn3)nn2)cc(Cn2cc(Cn3cccn3)nn2)c1. The summed E-state index contributed by atoms with van der Waals surface area (Å²) in [6.07, 6.45) is 11.2. The van der Waals surface area contributed by atoms with Crippen molar-refractivity contribution >= 4 is 0 Å². The number of hydrogen-bond acceptors (Lipinski definition) is 6. The molecule has 0 aliphatic rings. The van der Waals surface area contributed by atoms with Crippen molar-refractivity contribution in [3.63, 3.8) is 0 Å². The van der Waals surface area contributed by atoms with Crippen LogP contribution in [0.3, 0.4) is 0 Å². The van der Waals surface area contributed by atoms with Crippen LogP contribution in [0.15, 0.2) is 73.6 Å². The molecule has 150 valence electrons. The lowest BCUT2D eigenvalue weighted by molar-refractivity contribution is 0.636. The third-order valence-electron chi connectivity index (χ3n) is 4.62. The third kappa shape index (κ3) is 4.32. The average molecular weight is 400 g/mol. The van der Waals surface area contributed by atoms with Crippen molar-refractivity contribution in [2.24, 2.45) is 0 Å². The van der Waals surface area contributed by atoms with E-state index in [9.17, 15) is 0 Å². The van der Waals surface area contributed by atoms with Crippen LogP contribution >= 0.6 is 0 Å². The van der Waals surface area contributed by atoms with Crippen LogP contribution in [0.1, 0.15) is 22.5 Å². The molecule has 0 N–H and O–H groups in total. The second-order valence-corrected chi connectivity index (χ2v) is 7.04. The largest absolute Gasteiger partial charge is 0.267 e. The van der Waals surface area contributed by atoms with E-state index in [4.69, 9.17) is 0 Å². The molecule has 0 aliphatic carbocycles. The highest BCUT2D eigenvalue weighted by Crippen LogP contribution is 2.10. The summed E-state index contributed by atoms with van der Waals surface area (Å²) in [6, 6.07) is 12.2. The molecule has 0 fully saturated rings. The smallest absolute Gasteiger partial charge is 0.104 e. The van der Waals surface area contributed by atoms with Gasteiger partial charge in [-0.1, -0.05) is 34.7 Å². The molecule has 0 spiro atoms. The first-order chi connectivity index (χ1) is 14.8. The van der Waals surface area contributed by atoms with Gasteiger partial charge in [0.05, 0.1) is 38.6 Å². The van der Waals surface area contributed by atoms with Gasteiger partial charge >= 0.3 is 0 Å². The molecule has 0 atom stereocenters. The molecule has 0 bridgehead atoms. The molecule has 0 saturated carbocycles. The van der Waals surface area contributed by atoms with Gasteiger partial charge in [0.1, 0.15) is 11.4 Å². The normalized spacial score (nSPS) is 11.2. The van der Waals surface area contributed by atoms with Crippen molar-refractivity contribution in [2.45, 2.75) is 26.2 Å². The van der Waals surface area contributed by atoms with Crippen LogP contribution < -0.4 is 0 Å². The van der Waals surface area contributed by atoms with Gasteiger partial charge in [-0.25, -0.2) is 9.36 Å². The highest BCUT2D eigenvalue weighted by Gasteiger charge is 2.06. The lowest BCUT2D eigenvalue weighted by atomic mass is 10.1. The van der Waals surface area contributed by atoms with Crippen molar-refractivity contribution in [1.29, 1.82) is 0 Å². The second kappa shape index (κ2) is 8.11. The van der Waals surface area contributed by atoms with Crippen LogP contribution in [0.2, 0.25) is 0 Å². The Morgan fingerprint density at radius 1 is 0.600 bits per heavy atom. The summed E-state index contributed by atoms with van der Waals surface area (Å²) in [5, 5.41) is 25.3. The zero-order valence-corrected chi connectivity index (χ0v) is 16.2. The summed E-state index contributed by atoms with van der Waals surface area (Å²) in [5.41, 5.74) is 4.06. The molecule has 0 aliphatic heterocycles. The molecule has 0 amide bonds. The van der Waals surface area contributed by atoms with Crippen LogP contribution in [-0.4, -0.2) is 49.5 Å². The maximum Gasteiger partial charge on any atom is 0.104 e. The Balaban J connectivity index is 1.22. The van der Waals surface area contributed by atoms with Crippen LogP contribution in [0.5, 0.6) is 0 Å². The van der Waals surface area contributed by atoms with Gasteiger partial charge in [-0.15, -0.1) is 10.2 Å². The van der Waals surface area contributed by atoms with E-state index >= 15 is 0 Å². The molecule has 4 heterocycles. The summed E-state index contributed by atoms with van der Waals surface area (Å²) in [7, 11) is 0. The van der Waals surface area contributed by atoms with E-state index in [0.717, 1.165) is 22.5 Å². The summed E-state index contributed by atoms with van der Waals surface area (Å²) in [5.74, 6) is 0. The first-order valence-corrected chi connectivity index (χ1v) is 9.61. The van der Waals surface area contributed by atoms with Crippen molar-refractivity contribution in [3.05, 3.63) is 96.1 Å². The first kappa shape index (κ1) is 18.0. The topological polar surface area (TPSA) is 97.1 Å². The summed E-state index contributed by atoms with van der Waals surface area (Å²) >= 11 is 0. The zero-order valence-electron chi connectivity index (χ0n) is 16.2. The summed E-state index contributed by atoms with van der Waals surface area (Å²) < 4.78 is 7.34. The standard InChI is InChI=1S/C20H20N10/c1-4-17(11-29-15-19(23-25-29)13-27-8-2-6-21-27)10-18(5-1)12-30-16-20(24-26-30)14-28-9-3-7-22-28/h1-10,15-16H,11-14H2. The van der Waals surface area contributed by atoms with Crippen molar-refractivity contribution in [2.75, 3.05) is 0 Å². The predicted octanol–water partition coefficient (Wildman–Crippen LogP) is 1.46. The Hall–Kier alpha value is -4.08. The summed E-state index contributed by atoms with van der Waals surface area (Å²) in [4.78, 5) is 0. The maximum atomic E-state index is 4.23. The van der Waals surface area contributed by atoms with Crippen LogP contribution in [0.25, 0.3) is 0 Å². The van der Waals surface area contributed by atoms with Crippen LogP contribution in [0.4, 0.5) is 0 Å². The molecule has 0 saturated heterocycles. The van der Waals surface area contributed by atoms with Gasteiger partial charge in [0, 0.05) is 24.8 Å². The Kier molecular flexibility index (Phi) is 4.86. The van der Waals surface area contributed by atoms with E-state index in [1.807, 2.05) is 61.7 Å². The monoisotopic (exact) mass is 400 g/mol. The van der Waals surface area contributed by atoms with Gasteiger partial charge in [0.25, 0.3) is 0 Å². The molecule has 0 radical (unpaired) electrons. The Bertz CT molecular complexity index is 1110. The average Bonchev–Trinajstić information content (AvgIpc) is 3.53. The quantitative estimate of drug-likeness (QED) is 0.391. The van der Waals surface area contributed by atoms with E-state index in [-0.39, 0.29) is 0 Å². The van der Waals surface area contributed by atoms with E-state index in [1.54, 1.807) is 12.4 Å². The van der Waals surface area contributed by atoms with Gasteiger partial charge < -0.3 is 0 Å². The minimum Gasteiger partial charge on any atom is -0.267 e. The van der Waals surface area contributed by atoms with Gasteiger partial charge in [-0.2, -0.15) is 10.2 Å². The van der Waals surface area contributed by atoms with Crippen molar-refractivity contribution in [3.8, 4) is 0 Å². The minimum atomic E-state index is 0.611. The Morgan fingerprint density at radius 2 is 1.13 bits per heavy atom. The van der Waals surface area contributed by atoms with E-state index in [2.05, 4.69) is 49.0 Å². The van der Waals surface area contributed by atoms with E-state index in [0.29, 0.717) is 26.2 Å². The fraction of sp³-hybridized carbons (Fsp3) is 0.200. The first-order valence-electron chi connectivity index (χ1n) is 9.61. The highest BCUT2D eigenvalue weighted by molar-refractivity contribution is 5.24. The molecular weight excluding hydrogens is 380 g/mol. The number of nitrogens with zero attached hydrogens (tertiary/aromatic N) is 10. The summed E-state index contributed by atoms with van der Waals surface area (Å²) in [6.45, 7) is 2.53. The lowest BCUT2D eigenvalue weighted by Gasteiger charge is -2.05. The molecule has 4 aromatic heterocycles. The molecule has 10 nitrogen and oxygen atoms in total. The van der Waals surface area contributed by atoms with Crippen molar-refractivity contribution in [1.82, 2.24) is 49.5 Å². The van der Waals surface area contributed by atoms with Gasteiger partial charge in [0.2, 0.25) is 0 Å². The maximum absolute atomic E-state index is 4.23. The second-order valence-electron chi connectivity index (χ2n) is 7.04. The zero-order chi connectivity index (χ0) is 20.2. The van der Waals surface area contributed by atoms with Crippen LogP contribution in [0, 0.1) is 0 Å². The van der Waals surface area contributed by atoms with Gasteiger partial charge in [-0.3, -0.25) is 9.36 Å². The fourth-order valence-corrected chi connectivity index (χ4v) is 3.30. The highest BCUT2D eigenvalue weighted by atomic mass is 15.4. The molecule has 0 unspecified atom stereocenters. The number of hydrogen-bond donors (Lipinski definition) is 0. The fourth-order valence-electron chi connectivity index (χ4n) is 3.30. The minimum absolute atomic E-state index is 0.611. The molecule has 5 aromatic rings. The van der Waals surface area contributed by atoms with Gasteiger partial charge in [0.15, 0.2) is 0 Å². The Labute approximate surface area is 172 Å². The lowest BCUT2D eigenvalue weighted by Crippen LogP contribution is -2.04. The molecule has 10 heteroatoms. The Morgan fingerprint density at radius 3 is 1.60 bits per heavy atom. The van der Waals surface area contributed by atoms with E-state index in [1.165, 1.54) is 0 Å². The van der Waals surface area contributed by atoms with Gasteiger partial charge in [-0.05, 0) is 23.3 Å². The predicted molar refractivity (Wildman–Crippen MR) is 107 cm³/mol. The van der Waals surface area contributed by atoms with Crippen molar-refractivity contribution < 1.29 is 0 Å². The molecule has 5 rings (SSSR count). The van der Waals surface area contributed by atoms with Crippen LogP contribution in [-0.2, 0) is 26.2 Å². The number of benzene rings is 1. The van der Waals surface area contributed by atoms with E-state index < -0.39 is 0 Å². The molecule has 30 heavy (non-hydrogen) atoms. The number of aromatic nitrogens is 10. The molecular formula is C20H20N10.